The molecule has 4 nitrogen and oxygen atoms in total. The van der Waals surface area contributed by atoms with Crippen molar-refractivity contribution < 1.29 is 4.74 Å². The largest absolute Gasteiger partial charge is 0.458 e. The van der Waals surface area contributed by atoms with E-state index in [4.69, 9.17) is 4.74 Å². The molecule has 93 heavy (non-hydrogen) atoms. The van der Waals surface area contributed by atoms with Crippen molar-refractivity contribution in [1.29, 1.82) is 0 Å². The van der Waals surface area contributed by atoms with Gasteiger partial charge in [0.25, 0.3) is 6.71 Å². The first kappa shape index (κ1) is 56.1. The monoisotopic (exact) mass is 1240 g/mol. The van der Waals surface area contributed by atoms with E-state index in [-0.39, 0.29) is 23.0 Å². The molecule has 15 aromatic rings. The van der Waals surface area contributed by atoms with Crippen molar-refractivity contribution in [1.82, 2.24) is 9.13 Å². The van der Waals surface area contributed by atoms with Gasteiger partial charge < -0.3 is 18.8 Å². The SMILES string of the molecule is CC(C)(C)/C1=C/c2c(n(-c3ccc4c(c3)N(c3ccc(C(C)(C)C)cc3-c3ccccc3)c3cc(-c5cccc6c5sc5ccc7sc8ccccc8c7c56)cc5c3B4c3ccc(-n4c6ccccc6c6ccccc64)cc3O5)c3ccc(C(C)(C)C)cc23)C/C=C\C1. The van der Waals surface area contributed by atoms with Gasteiger partial charge in [-0.3, -0.25) is 0 Å². The van der Waals surface area contributed by atoms with E-state index in [0.717, 1.165) is 63.8 Å². The quantitative estimate of drug-likeness (QED) is 0.127. The standard InChI is InChI=1S/C86H70BN3OS2/c1-84(2,3)53-24-13-17-32-70-64(47-53)65-48-55(86(7,8)9)35-41-72(65)88(70)56-36-38-66-73(49-56)90(71-40-34-54(85(4,5)6)46-63(71)51-22-11-10-12-23-51)74-44-52(58-28-21-29-62-81-79(93-83(58)62)43-42-78-80(81)61-27-16-20-33-77(61)92-78)45-76-82(74)87(66)67-39-37-57(50-75(67)91-76)89-68-30-18-14-25-59(68)60-26-15-19-31-69(60)89/h10-23,25-31,33-50H,24,32H2,1-9H3/b17-13-,53-47+. The molecule has 11 aromatic carbocycles. The van der Waals surface area contributed by atoms with E-state index in [0.29, 0.717) is 0 Å². The summed E-state index contributed by atoms with van der Waals surface area (Å²) in [5, 5.41) is 9.06. The zero-order chi connectivity index (χ0) is 63.0. The van der Waals surface area contributed by atoms with Crippen LogP contribution in [0.25, 0.3) is 113 Å². The molecule has 1 aliphatic carbocycles. The number of aromatic nitrogens is 2. The summed E-state index contributed by atoms with van der Waals surface area (Å²) in [6.45, 7) is 20.9. The highest BCUT2D eigenvalue weighted by atomic mass is 32.1. The molecule has 0 atom stereocenters. The second kappa shape index (κ2) is 20.4. The number of benzene rings is 11. The van der Waals surface area contributed by atoms with Crippen molar-refractivity contribution in [3.63, 3.8) is 0 Å². The Morgan fingerprint density at radius 1 is 0.409 bits per heavy atom. The van der Waals surface area contributed by atoms with Gasteiger partial charge in [-0.05, 0) is 152 Å². The van der Waals surface area contributed by atoms with E-state index in [1.54, 1.807) is 0 Å². The molecule has 0 radical (unpaired) electrons. The number of hydrogen-bond acceptors (Lipinski definition) is 4. The Kier molecular flexibility index (Phi) is 12.3. The highest BCUT2D eigenvalue weighted by Crippen LogP contribution is 2.52. The fourth-order valence-corrected chi connectivity index (χ4v) is 18.0. The molecule has 0 spiro atoms. The number of thiophene rings is 2. The fraction of sp³-hybridized carbons (Fsp3) is 0.163. The molecule has 0 saturated heterocycles. The maximum absolute atomic E-state index is 7.72. The zero-order valence-electron chi connectivity index (χ0n) is 54.1. The molecule has 0 fully saturated rings. The van der Waals surface area contributed by atoms with E-state index < -0.39 is 0 Å². The Morgan fingerprint density at radius 2 is 1.04 bits per heavy atom. The third-order valence-corrected chi connectivity index (χ3v) is 22.8. The van der Waals surface area contributed by atoms with Crippen molar-refractivity contribution in [2.24, 2.45) is 5.41 Å². The molecule has 4 aromatic heterocycles. The van der Waals surface area contributed by atoms with Crippen molar-refractivity contribution in [3.8, 4) is 45.1 Å². The van der Waals surface area contributed by atoms with Gasteiger partial charge >= 0.3 is 0 Å². The predicted octanol–water partition coefficient (Wildman–Crippen LogP) is 22.7. The molecular formula is C86H70BN3OS2. The van der Waals surface area contributed by atoms with Crippen LogP contribution in [-0.2, 0) is 17.3 Å². The molecule has 18 rings (SSSR count). The number of para-hydroxylation sites is 2. The first-order valence-corrected chi connectivity index (χ1v) is 34.6. The third-order valence-electron chi connectivity index (χ3n) is 20.4. The van der Waals surface area contributed by atoms with E-state index in [2.05, 4.69) is 313 Å². The number of ether oxygens (including phenoxy) is 1. The highest BCUT2D eigenvalue weighted by Gasteiger charge is 2.44. The Balaban J connectivity index is 0.944. The topological polar surface area (TPSA) is 22.3 Å². The Morgan fingerprint density at radius 3 is 1.80 bits per heavy atom. The number of rotatable bonds is 5. The fourth-order valence-electron chi connectivity index (χ4n) is 15.6. The van der Waals surface area contributed by atoms with Crippen LogP contribution in [-0.4, -0.2) is 15.8 Å². The molecular weight excluding hydrogens is 1170 g/mol. The summed E-state index contributed by atoms with van der Waals surface area (Å²) >= 11 is 3.80. The molecule has 3 aliphatic rings. The highest BCUT2D eigenvalue weighted by molar-refractivity contribution is 7.28. The molecule has 7 heteroatoms. The van der Waals surface area contributed by atoms with Gasteiger partial charge in [-0.15, -0.1) is 22.7 Å². The van der Waals surface area contributed by atoms with Crippen LogP contribution >= 0.6 is 22.7 Å². The van der Waals surface area contributed by atoms with E-state index in [1.165, 1.54) is 129 Å². The van der Waals surface area contributed by atoms with E-state index in [9.17, 15) is 0 Å². The molecule has 0 unspecified atom stereocenters. The van der Waals surface area contributed by atoms with Crippen LogP contribution in [0.15, 0.2) is 236 Å². The lowest BCUT2D eigenvalue weighted by Crippen LogP contribution is -2.59. The van der Waals surface area contributed by atoms with E-state index >= 15 is 0 Å². The van der Waals surface area contributed by atoms with Gasteiger partial charge in [0.1, 0.15) is 11.5 Å². The summed E-state index contributed by atoms with van der Waals surface area (Å²) in [6.07, 6.45) is 9.11. The second-order valence-corrected chi connectivity index (χ2v) is 31.3. The Hall–Kier alpha value is -9.66. The van der Waals surface area contributed by atoms with Gasteiger partial charge in [0.15, 0.2) is 0 Å². The number of hydrogen-bond donors (Lipinski definition) is 0. The Bertz CT molecular complexity index is 5690. The van der Waals surface area contributed by atoms with Crippen LogP contribution in [0, 0.1) is 5.41 Å². The molecule has 0 N–H and O–H groups in total. The molecule has 0 bridgehead atoms. The normalized spacial score (nSPS) is 15.0. The number of allylic oxidation sites excluding steroid dienone is 3. The summed E-state index contributed by atoms with van der Waals surface area (Å²) in [6, 6.07) is 83.1. The van der Waals surface area contributed by atoms with Crippen LogP contribution in [0.5, 0.6) is 11.5 Å². The van der Waals surface area contributed by atoms with Crippen LogP contribution in [0.1, 0.15) is 91.1 Å². The summed E-state index contributed by atoms with van der Waals surface area (Å²) in [4.78, 5) is 2.63. The lowest BCUT2D eigenvalue weighted by atomic mass is 9.34. The minimum Gasteiger partial charge on any atom is -0.458 e. The minimum absolute atomic E-state index is 0.0104. The molecule has 2 aliphatic heterocycles. The minimum atomic E-state index is -0.175. The van der Waals surface area contributed by atoms with Crippen molar-refractivity contribution in [3.05, 3.63) is 258 Å². The number of anilines is 3. The zero-order valence-corrected chi connectivity index (χ0v) is 55.7. The number of nitrogens with zero attached hydrogens (tertiary/aromatic N) is 3. The summed E-state index contributed by atoms with van der Waals surface area (Å²) in [5.41, 5.74) is 23.9. The van der Waals surface area contributed by atoms with Gasteiger partial charge in [0, 0.05) is 109 Å². The van der Waals surface area contributed by atoms with Crippen LogP contribution in [0.2, 0.25) is 0 Å². The predicted molar refractivity (Wildman–Crippen MR) is 402 cm³/mol. The van der Waals surface area contributed by atoms with Crippen molar-refractivity contribution in [2.75, 3.05) is 4.90 Å². The van der Waals surface area contributed by atoms with Crippen LogP contribution in [0.4, 0.5) is 17.1 Å². The van der Waals surface area contributed by atoms with Crippen LogP contribution in [0.3, 0.4) is 0 Å². The molecule has 6 heterocycles. The Labute approximate surface area is 552 Å². The summed E-state index contributed by atoms with van der Waals surface area (Å²) in [5.74, 6) is 1.74. The lowest BCUT2D eigenvalue weighted by molar-refractivity contribution is 0.487. The van der Waals surface area contributed by atoms with Gasteiger partial charge in [-0.1, -0.05) is 214 Å². The van der Waals surface area contributed by atoms with Crippen LogP contribution < -0.4 is 26.0 Å². The maximum atomic E-state index is 7.72. The molecule has 0 saturated carbocycles. The lowest BCUT2D eigenvalue weighted by Gasteiger charge is -2.41. The summed E-state index contributed by atoms with van der Waals surface area (Å²) in [7, 11) is 0. The first-order chi connectivity index (χ1) is 45.0. The third kappa shape index (κ3) is 8.69. The number of fused-ring (bicyclic) bond motifs is 17. The average molecular weight is 1240 g/mol. The smallest absolute Gasteiger partial charge is 0.256 e. The summed E-state index contributed by atoms with van der Waals surface area (Å²) < 4.78 is 18.0. The van der Waals surface area contributed by atoms with Gasteiger partial charge in [-0.2, -0.15) is 0 Å². The molecule has 0 amide bonds. The average Bonchev–Trinajstić information content (AvgIpc) is 1.03. The maximum Gasteiger partial charge on any atom is 0.256 e. The molecule has 450 valence electrons. The van der Waals surface area contributed by atoms with E-state index in [1.807, 2.05) is 22.7 Å². The van der Waals surface area contributed by atoms with Crippen molar-refractivity contribution in [2.45, 2.75) is 86.0 Å². The van der Waals surface area contributed by atoms with Gasteiger partial charge in [0.05, 0.1) is 22.2 Å². The van der Waals surface area contributed by atoms with Gasteiger partial charge in [0.2, 0.25) is 0 Å². The first-order valence-electron chi connectivity index (χ1n) is 32.9. The van der Waals surface area contributed by atoms with Crippen molar-refractivity contribution >= 4 is 142 Å². The van der Waals surface area contributed by atoms with Gasteiger partial charge in [-0.25, -0.2) is 0 Å². The second-order valence-electron chi connectivity index (χ2n) is 29.1.